The van der Waals surface area contributed by atoms with E-state index in [-0.39, 0.29) is 0 Å². The Hall–Kier alpha value is -5.16. The van der Waals surface area contributed by atoms with Gasteiger partial charge in [0.05, 0.1) is 0 Å². The van der Waals surface area contributed by atoms with Crippen LogP contribution in [0.3, 0.4) is 0 Å². The molecule has 0 bridgehead atoms. The van der Waals surface area contributed by atoms with Gasteiger partial charge in [-0.05, 0) is 39.1 Å². The van der Waals surface area contributed by atoms with Gasteiger partial charge in [0.2, 0.25) is 5.82 Å². The summed E-state index contributed by atoms with van der Waals surface area (Å²) in [6.45, 7) is 0. The molecule has 0 aliphatic rings. The van der Waals surface area contributed by atoms with Gasteiger partial charge in [-0.15, -0.1) is 15.0 Å². The summed E-state index contributed by atoms with van der Waals surface area (Å²) >= 11 is 0. The Bertz CT molecular complexity index is 1570. The first-order chi connectivity index (χ1) is 18.8. The maximum absolute atomic E-state index is 11.7. The second-order valence-corrected chi connectivity index (χ2v) is 9.00. The molecule has 0 aliphatic heterocycles. The van der Waals surface area contributed by atoms with Crippen molar-refractivity contribution in [2.45, 2.75) is 5.54 Å². The molecule has 0 N–H and O–H groups in total. The lowest BCUT2D eigenvalue weighted by Gasteiger charge is -2.34. The van der Waals surface area contributed by atoms with Crippen molar-refractivity contribution in [2.75, 3.05) is 0 Å². The molecule has 0 saturated heterocycles. The van der Waals surface area contributed by atoms with Crippen LogP contribution in [-0.2, 0) is 5.54 Å². The van der Waals surface area contributed by atoms with Crippen LogP contribution in [-0.4, -0.2) is 26.5 Å². The van der Waals surface area contributed by atoms with Crippen molar-refractivity contribution < 1.29 is 4.79 Å². The van der Waals surface area contributed by atoms with Crippen LogP contribution >= 0.6 is 0 Å². The van der Waals surface area contributed by atoms with Crippen LogP contribution in [0.4, 0.5) is 0 Å². The summed E-state index contributed by atoms with van der Waals surface area (Å²) in [5.74, 6) is 0.444. The highest BCUT2D eigenvalue weighted by atomic mass is 16.1. The smallest absolute Gasteiger partial charge is 0.205 e. The van der Waals surface area contributed by atoms with E-state index in [9.17, 15) is 4.79 Å². The molecule has 0 fully saturated rings. The molecule has 5 aromatic carbocycles. The number of aldehydes is 1. The molecule has 0 aliphatic carbocycles. The molecule has 0 radical (unpaired) electrons. The van der Waals surface area contributed by atoms with Gasteiger partial charge < -0.3 is 0 Å². The van der Waals surface area contributed by atoms with Crippen LogP contribution in [0.2, 0.25) is 0 Å². The highest BCUT2D eigenvalue weighted by Gasteiger charge is 2.41. The standard InChI is InChI=1S/C33H24N4O/c38-24-25-21-22-30(26-13-5-1-6-14-26)31(23-25)32-34-36-37(35-32)33(27-15-7-2-8-16-27,28-17-9-3-10-18-28)29-19-11-4-12-20-29/h1-24H. The van der Waals surface area contributed by atoms with Crippen LogP contribution in [0.1, 0.15) is 27.0 Å². The number of carbonyl (C=O) groups excluding carboxylic acids is 1. The van der Waals surface area contributed by atoms with Gasteiger partial charge in [0.15, 0.2) is 5.54 Å². The van der Waals surface area contributed by atoms with Crippen molar-refractivity contribution in [3.05, 3.63) is 162 Å². The minimum absolute atomic E-state index is 0.444. The van der Waals surface area contributed by atoms with E-state index in [4.69, 9.17) is 5.10 Å². The average Bonchev–Trinajstić information content (AvgIpc) is 3.50. The highest BCUT2D eigenvalue weighted by Crippen LogP contribution is 2.40. The highest BCUT2D eigenvalue weighted by molar-refractivity contribution is 5.86. The monoisotopic (exact) mass is 492 g/mol. The first-order valence-electron chi connectivity index (χ1n) is 12.4. The molecule has 182 valence electrons. The normalized spacial score (nSPS) is 11.3. The number of tetrazole rings is 1. The Labute approximate surface area is 221 Å². The lowest BCUT2D eigenvalue weighted by molar-refractivity contribution is 0.112. The Morgan fingerprint density at radius 3 is 1.58 bits per heavy atom. The van der Waals surface area contributed by atoms with Gasteiger partial charge in [-0.2, -0.15) is 0 Å². The fraction of sp³-hybridized carbons (Fsp3) is 0.0303. The van der Waals surface area contributed by atoms with E-state index in [2.05, 4.69) is 46.7 Å². The summed E-state index contributed by atoms with van der Waals surface area (Å²) in [5.41, 5.74) is 5.39. The van der Waals surface area contributed by atoms with Crippen molar-refractivity contribution in [2.24, 2.45) is 0 Å². The molecule has 0 spiro atoms. The van der Waals surface area contributed by atoms with E-state index >= 15 is 0 Å². The number of hydrogen-bond donors (Lipinski definition) is 0. The van der Waals surface area contributed by atoms with E-state index in [1.165, 1.54) is 0 Å². The van der Waals surface area contributed by atoms with Gasteiger partial charge in [-0.3, -0.25) is 4.79 Å². The number of carbonyl (C=O) groups is 1. The molecule has 0 atom stereocenters. The van der Waals surface area contributed by atoms with E-state index in [1.54, 1.807) is 4.80 Å². The minimum atomic E-state index is -0.871. The molecule has 6 aromatic rings. The summed E-state index contributed by atoms with van der Waals surface area (Å²) < 4.78 is 0. The average molecular weight is 493 g/mol. The molecule has 5 heteroatoms. The SMILES string of the molecule is O=Cc1ccc(-c2ccccc2)c(-c2nnn(C(c3ccccc3)(c3ccccc3)c3ccccc3)n2)c1. The van der Waals surface area contributed by atoms with Crippen molar-refractivity contribution in [3.8, 4) is 22.5 Å². The molecule has 0 unspecified atom stereocenters. The lowest BCUT2D eigenvalue weighted by Crippen LogP contribution is -2.39. The van der Waals surface area contributed by atoms with Gasteiger partial charge in [-0.25, -0.2) is 0 Å². The molecule has 1 aromatic heterocycles. The first kappa shape index (κ1) is 23.3. The fourth-order valence-corrected chi connectivity index (χ4v) is 5.04. The second-order valence-electron chi connectivity index (χ2n) is 9.00. The Balaban J connectivity index is 1.63. The van der Waals surface area contributed by atoms with E-state index in [0.717, 1.165) is 39.7 Å². The number of rotatable bonds is 7. The molecule has 38 heavy (non-hydrogen) atoms. The van der Waals surface area contributed by atoms with Crippen LogP contribution < -0.4 is 0 Å². The van der Waals surface area contributed by atoms with E-state index in [0.29, 0.717) is 11.4 Å². The van der Waals surface area contributed by atoms with Crippen molar-refractivity contribution >= 4 is 6.29 Å². The van der Waals surface area contributed by atoms with Crippen molar-refractivity contribution in [1.29, 1.82) is 0 Å². The summed E-state index contributed by atoms with van der Waals surface area (Å²) in [7, 11) is 0. The van der Waals surface area contributed by atoms with Gasteiger partial charge in [0, 0.05) is 11.1 Å². The maximum Gasteiger partial charge on any atom is 0.205 e. The third-order valence-electron chi connectivity index (χ3n) is 6.79. The third kappa shape index (κ3) is 4.00. The molecule has 0 saturated carbocycles. The van der Waals surface area contributed by atoms with Crippen LogP contribution in [0.25, 0.3) is 22.5 Å². The number of hydrogen-bond acceptors (Lipinski definition) is 4. The zero-order chi connectivity index (χ0) is 25.8. The fourth-order valence-electron chi connectivity index (χ4n) is 5.04. The Morgan fingerprint density at radius 2 is 1.08 bits per heavy atom. The van der Waals surface area contributed by atoms with Crippen molar-refractivity contribution in [3.63, 3.8) is 0 Å². The lowest BCUT2D eigenvalue weighted by atomic mass is 9.77. The largest absolute Gasteiger partial charge is 0.298 e. The zero-order valence-electron chi connectivity index (χ0n) is 20.6. The van der Waals surface area contributed by atoms with Gasteiger partial charge in [0.1, 0.15) is 6.29 Å². The van der Waals surface area contributed by atoms with Crippen molar-refractivity contribution in [1.82, 2.24) is 20.2 Å². The predicted molar refractivity (Wildman–Crippen MR) is 149 cm³/mol. The molecule has 1 heterocycles. The molecule has 6 rings (SSSR count). The van der Waals surface area contributed by atoms with E-state index in [1.807, 2.05) is 103 Å². The van der Waals surface area contributed by atoms with E-state index < -0.39 is 5.54 Å². The van der Waals surface area contributed by atoms with Crippen LogP contribution in [0.15, 0.2) is 140 Å². The second kappa shape index (κ2) is 10.1. The number of benzene rings is 5. The van der Waals surface area contributed by atoms with Gasteiger partial charge >= 0.3 is 0 Å². The molecule has 5 nitrogen and oxygen atoms in total. The Kier molecular flexibility index (Phi) is 6.16. The number of nitrogens with zero attached hydrogens (tertiary/aromatic N) is 4. The minimum Gasteiger partial charge on any atom is -0.298 e. The van der Waals surface area contributed by atoms with Crippen LogP contribution in [0.5, 0.6) is 0 Å². The third-order valence-corrected chi connectivity index (χ3v) is 6.79. The molecular formula is C33H24N4O. The van der Waals surface area contributed by atoms with Gasteiger partial charge in [0.25, 0.3) is 0 Å². The maximum atomic E-state index is 11.7. The topological polar surface area (TPSA) is 60.7 Å². The predicted octanol–water partition coefficient (Wildman–Crippen LogP) is 6.66. The quantitative estimate of drug-likeness (QED) is 0.185. The summed E-state index contributed by atoms with van der Waals surface area (Å²) in [6.07, 6.45) is 0.838. The Morgan fingerprint density at radius 1 is 0.579 bits per heavy atom. The summed E-state index contributed by atoms with van der Waals surface area (Å²) in [5, 5.41) is 14.3. The first-order valence-corrected chi connectivity index (χ1v) is 12.4. The molecular weight excluding hydrogens is 468 g/mol. The van der Waals surface area contributed by atoms with Crippen LogP contribution in [0, 0.1) is 0 Å². The summed E-state index contributed by atoms with van der Waals surface area (Å²) in [6, 6.07) is 46.3. The summed E-state index contributed by atoms with van der Waals surface area (Å²) in [4.78, 5) is 13.4. The number of aromatic nitrogens is 4. The zero-order valence-corrected chi connectivity index (χ0v) is 20.6. The van der Waals surface area contributed by atoms with Gasteiger partial charge in [-0.1, -0.05) is 133 Å². The molecule has 0 amide bonds.